The summed E-state index contributed by atoms with van der Waals surface area (Å²) in [5.74, 6) is 0.887. The van der Waals surface area contributed by atoms with Crippen LogP contribution in [0.1, 0.15) is 62.3 Å². The molecule has 1 heteroatoms. The average molecular weight is 245 g/mol. The number of hydrogen-bond acceptors (Lipinski definition) is 1. The zero-order chi connectivity index (χ0) is 13.1. The highest BCUT2D eigenvalue weighted by molar-refractivity contribution is 5.30. The lowest BCUT2D eigenvalue weighted by atomic mass is 9.97. The second-order valence-electron chi connectivity index (χ2n) is 6.14. The molecule has 1 unspecified atom stereocenters. The van der Waals surface area contributed by atoms with Crippen molar-refractivity contribution in [2.24, 2.45) is 5.92 Å². The second-order valence-corrected chi connectivity index (χ2v) is 6.14. The van der Waals surface area contributed by atoms with Crippen LogP contribution in [0, 0.1) is 19.8 Å². The minimum absolute atomic E-state index is 0.458. The summed E-state index contributed by atoms with van der Waals surface area (Å²) < 4.78 is 0. The molecule has 1 N–H and O–H groups in total. The first-order valence-corrected chi connectivity index (χ1v) is 7.40. The molecule has 2 rings (SSSR count). The molecule has 0 radical (unpaired) electrons. The molecule has 2 atom stereocenters. The summed E-state index contributed by atoms with van der Waals surface area (Å²) in [4.78, 5) is 0. The van der Waals surface area contributed by atoms with Crippen LogP contribution in [0.3, 0.4) is 0 Å². The van der Waals surface area contributed by atoms with E-state index in [1.165, 1.54) is 42.4 Å². The first-order valence-electron chi connectivity index (χ1n) is 7.40. The van der Waals surface area contributed by atoms with E-state index in [2.05, 4.69) is 51.2 Å². The van der Waals surface area contributed by atoms with Crippen LogP contribution in [0.4, 0.5) is 0 Å². The van der Waals surface area contributed by atoms with Gasteiger partial charge in [-0.3, -0.25) is 0 Å². The number of benzene rings is 1. The Morgan fingerprint density at radius 3 is 2.11 bits per heavy atom. The normalized spacial score (nSPS) is 20.0. The topological polar surface area (TPSA) is 12.0 Å². The third kappa shape index (κ3) is 3.35. The zero-order valence-corrected chi connectivity index (χ0v) is 12.3. The van der Waals surface area contributed by atoms with Crippen LogP contribution in [0.25, 0.3) is 0 Å². The van der Waals surface area contributed by atoms with Gasteiger partial charge in [-0.1, -0.05) is 42.2 Å². The minimum Gasteiger partial charge on any atom is -0.307 e. The van der Waals surface area contributed by atoms with Crippen molar-refractivity contribution < 1.29 is 0 Å². The Labute approximate surface area is 112 Å². The van der Waals surface area contributed by atoms with E-state index in [-0.39, 0.29) is 0 Å². The molecule has 0 aromatic heterocycles. The highest BCUT2D eigenvalue weighted by Gasteiger charge is 2.22. The predicted octanol–water partition coefficient (Wildman–Crippen LogP) is 4.53. The lowest BCUT2D eigenvalue weighted by molar-refractivity contribution is 0.352. The maximum Gasteiger partial charge on any atom is 0.0294 e. The summed E-state index contributed by atoms with van der Waals surface area (Å²) in [6.45, 7) is 9.02. The lowest BCUT2D eigenvalue weighted by Gasteiger charge is -2.25. The Hall–Kier alpha value is -0.820. The summed E-state index contributed by atoms with van der Waals surface area (Å²) in [7, 11) is 0. The van der Waals surface area contributed by atoms with Crippen LogP contribution in [0.15, 0.2) is 18.2 Å². The molecular formula is C17H27N. The van der Waals surface area contributed by atoms with Gasteiger partial charge in [-0.15, -0.1) is 0 Å². The van der Waals surface area contributed by atoms with Crippen molar-refractivity contribution >= 4 is 0 Å². The van der Waals surface area contributed by atoms with Crippen LogP contribution in [-0.2, 0) is 0 Å². The minimum atomic E-state index is 0.458. The van der Waals surface area contributed by atoms with Gasteiger partial charge in [-0.25, -0.2) is 0 Å². The molecule has 1 aliphatic rings. The third-order valence-corrected chi connectivity index (χ3v) is 4.36. The molecule has 1 aromatic rings. The zero-order valence-electron chi connectivity index (χ0n) is 12.3. The van der Waals surface area contributed by atoms with Crippen molar-refractivity contribution in [3.8, 4) is 0 Å². The van der Waals surface area contributed by atoms with E-state index >= 15 is 0 Å². The Bertz CT molecular complexity index is 370. The lowest BCUT2D eigenvalue weighted by Crippen LogP contribution is -2.34. The molecule has 1 aliphatic carbocycles. The van der Waals surface area contributed by atoms with E-state index in [9.17, 15) is 0 Å². The van der Waals surface area contributed by atoms with Gasteiger partial charge in [0.15, 0.2) is 0 Å². The van der Waals surface area contributed by atoms with Crippen molar-refractivity contribution in [3.05, 3.63) is 34.9 Å². The van der Waals surface area contributed by atoms with Gasteiger partial charge in [-0.2, -0.15) is 0 Å². The Balaban J connectivity index is 1.99. The summed E-state index contributed by atoms with van der Waals surface area (Å²) in [6.07, 6.45) is 5.67. The molecule has 1 fully saturated rings. The van der Waals surface area contributed by atoms with Crippen LogP contribution in [0.5, 0.6) is 0 Å². The van der Waals surface area contributed by atoms with Crippen molar-refractivity contribution in [2.75, 3.05) is 0 Å². The van der Waals surface area contributed by atoms with Crippen molar-refractivity contribution in [3.63, 3.8) is 0 Å². The molecule has 0 aliphatic heterocycles. The number of nitrogens with one attached hydrogen (secondary N) is 1. The van der Waals surface area contributed by atoms with Gasteiger partial charge in [0.1, 0.15) is 0 Å². The standard InChI is InChI=1S/C17H27N/c1-12-9-13(2)11-17(10-12)15(4)18-14(3)16-7-5-6-8-16/h9-11,14-16,18H,5-8H2,1-4H3/t14-,15?/m1/s1. The van der Waals surface area contributed by atoms with Gasteiger partial charge >= 0.3 is 0 Å². The summed E-state index contributed by atoms with van der Waals surface area (Å²) >= 11 is 0. The van der Waals surface area contributed by atoms with E-state index in [4.69, 9.17) is 0 Å². The summed E-state index contributed by atoms with van der Waals surface area (Å²) in [5.41, 5.74) is 4.16. The van der Waals surface area contributed by atoms with E-state index in [0.29, 0.717) is 12.1 Å². The fourth-order valence-corrected chi connectivity index (χ4v) is 3.34. The van der Waals surface area contributed by atoms with Crippen molar-refractivity contribution in [1.29, 1.82) is 0 Å². The first kappa shape index (κ1) is 13.6. The van der Waals surface area contributed by atoms with Gasteiger partial charge in [0.25, 0.3) is 0 Å². The van der Waals surface area contributed by atoms with Crippen molar-refractivity contribution in [2.45, 2.75) is 65.5 Å². The van der Waals surface area contributed by atoms with Gasteiger partial charge < -0.3 is 5.32 Å². The summed E-state index contributed by atoms with van der Waals surface area (Å²) in [6, 6.07) is 7.97. The van der Waals surface area contributed by atoms with Gasteiger partial charge in [0, 0.05) is 12.1 Å². The molecule has 1 aromatic carbocycles. The highest BCUT2D eigenvalue weighted by Crippen LogP contribution is 2.29. The molecule has 18 heavy (non-hydrogen) atoms. The molecular weight excluding hydrogens is 218 g/mol. The Kier molecular flexibility index (Phi) is 4.45. The molecule has 0 bridgehead atoms. The van der Waals surface area contributed by atoms with E-state index in [1.807, 2.05) is 0 Å². The van der Waals surface area contributed by atoms with Gasteiger partial charge in [-0.05, 0) is 52.0 Å². The number of rotatable bonds is 4. The SMILES string of the molecule is Cc1cc(C)cc(C(C)N[C@H](C)C2CCCC2)c1. The van der Waals surface area contributed by atoms with Crippen molar-refractivity contribution in [1.82, 2.24) is 5.32 Å². The number of hydrogen-bond donors (Lipinski definition) is 1. The van der Waals surface area contributed by atoms with Crippen LogP contribution in [0.2, 0.25) is 0 Å². The molecule has 100 valence electrons. The molecule has 0 heterocycles. The van der Waals surface area contributed by atoms with Gasteiger partial charge in [0.05, 0.1) is 0 Å². The quantitative estimate of drug-likeness (QED) is 0.821. The average Bonchev–Trinajstić information content (AvgIpc) is 2.80. The molecule has 1 nitrogen and oxygen atoms in total. The molecule has 0 amide bonds. The second kappa shape index (κ2) is 5.88. The molecule has 1 saturated carbocycles. The maximum atomic E-state index is 3.79. The fourth-order valence-electron chi connectivity index (χ4n) is 3.34. The van der Waals surface area contributed by atoms with Crippen LogP contribution < -0.4 is 5.32 Å². The highest BCUT2D eigenvalue weighted by atomic mass is 14.9. The fraction of sp³-hybridized carbons (Fsp3) is 0.647. The van der Waals surface area contributed by atoms with E-state index in [1.54, 1.807) is 0 Å². The van der Waals surface area contributed by atoms with Gasteiger partial charge in [0.2, 0.25) is 0 Å². The maximum absolute atomic E-state index is 3.79. The van der Waals surface area contributed by atoms with Crippen LogP contribution >= 0.6 is 0 Å². The van der Waals surface area contributed by atoms with E-state index < -0.39 is 0 Å². The smallest absolute Gasteiger partial charge is 0.0294 e. The Morgan fingerprint density at radius 2 is 1.56 bits per heavy atom. The largest absolute Gasteiger partial charge is 0.307 e. The van der Waals surface area contributed by atoms with E-state index in [0.717, 1.165) is 5.92 Å². The Morgan fingerprint density at radius 1 is 1.00 bits per heavy atom. The first-order chi connectivity index (χ1) is 8.56. The summed E-state index contributed by atoms with van der Waals surface area (Å²) in [5, 5.41) is 3.79. The third-order valence-electron chi connectivity index (χ3n) is 4.36. The molecule has 0 saturated heterocycles. The number of aryl methyl sites for hydroxylation is 2. The monoisotopic (exact) mass is 245 g/mol. The predicted molar refractivity (Wildman–Crippen MR) is 78.9 cm³/mol. The van der Waals surface area contributed by atoms with Crippen LogP contribution in [-0.4, -0.2) is 6.04 Å². The molecule has 0 spiro atoms.